The van der Waals surface area contributed by atoms with E-state index < -0.39 is 28.5 Å². The zero-order valence-corrected chi connectivity index (χ0v) is 27.5. The van der Waals surface area contributed by atoms with E-state index in [4.69, 9.17) is 11.6 Å². The number of aryl methyl sites for hydroxylation is 1. The number of hydrogen-bond donors (Lipinski definition) is 1. The molecule has 9 heteroatoms. The lowest BCUT2D eigenvalue weighted by atomic mass is 10.0. The molecule has 0 heterocycles. The number of benzene rings is 4. The number of carbonyl (C=O) groups is 2. The molecule has 1 N–H and O–H groups in total. The molecule has 4 aromatic rings. The third kappa shape index (κ3) is 8.74. The molecule has 0 aliphatic heterocycles. The predicted molar refractivity (Wildman–Crippen MR) is 181 cm³/mol. The Labute approximate surface area is 271 Å². The van der Waals surface area contributed by atoms with Crippen LogP contribution in [0, 0.1) is 0 Å². The predicted octanol–water partition coefficient (Wildman–Crippen LogP) is 6.65. The van der Waals surface area contributed by atoms with Crippen LogP contribution in [0.15, 0.2) is 114 Å². The Hall–Kier alpha value is -4.14. The van der Waals surface area contributed by atoms with Crippen molar-refractivity contribution in [2.24, 2.45) is 0 Å². The second kappa shape index (κ2) is 15.7. The van der Waals surface area contributed by atoms with Crippen LogP contribution in [0.25, 0.3) is 0 Å². The SMILES string of the molecule is CCc1ccc(N(CC(=O)N(Cc2ccccc2Cl)[C@@H](Cc2ccccc2)C(=O)N[C@H](C)CC)S(=O)(=O)c2ccccc2)cc1. The highest BCUT2D eigenvalue weighted by Gasteiger charge is 2.35. The lowest BCUT2D eigenvalue weighted by Crippen LogP contribution is -2.54. The van der Waals surface area contributed by atoms with E-state index in [0.29, 0.717) is 22.7 Å². The minimum absolute atomic E-state index is 0.0118. The summed E-state index contributed by atoms with van der Waals surface area (Å²) in [5, 5.41) is 3.49. The number of nitrogens with zero attached hydrogens (tertiary/aromatic N) is 2. The zero-order valence-electron chi connectivity index (χ0n) is 25.9. The number of nitrogens with one attached hydrogen (secondary N) is 1. The molecule has 0 saturated heterocycles. The molecule has 0 bridgehead atoms. The Morgan fingerprint density at radius 3 is 2.00 bits per heavy atom. The van der Waals surface area contributed by atoms with Crippen LogP contribution in [0.1, 0.15) is 43.9 Å². The van der Waals surface area contributed by atoms with E-state index in [2.05, 4.69) is 5.32 Å². The van der Waals surface area contributed by atoms with Gasteiger partial charge in [-0.25, -0.2) is 8.42 Å². The van der Waals surface area contributed by atoms with Gasteiger partial charge in [0.15, 0.2) is 0 Å². The van der Waals surface area contributed by atoms with Gasteiger partial charge in [-0.1, -0.05) is 104 Å². The van der Waals surface area contributed by atoms with Crippen LogP contribution in [0.2, 0.25) is 5.02 Å². The third-order valence-electron chi connectivity index (χ3n) is 7.81. The smallest absolute Gasteiger partial charge is 0.264 e. The van der Waals surface area contributed by atoms with Gasteiger partial charge >= 0.3 is 0 Å². The van der Waals surface area contributed by atoms with E-state index >= 15 is 0 Å². The van der Waals surface area contributed by atoms with Crippen LogP contribution in [0.4, 0.5) is 5.69 Å². The molecule has 0 aliphatic carbocycles. The maximum absolute atomic E-state index is 14.5. The molecule has 0 saturated carbocycles. The number of sulfonamides is 1. The third-order valence-corrected chi connectivity index (χ3v) is 9.97. The van der Waals surface area contributed by atoms with E-state index in [-0.39, 0.29) is 29.8 Å². The minimum Gasteiger partial charge on any atom is -0.352 e. The molecule has 2 atom stereocenters. The number of carbonyl (C=O) groups excluding carboxylic acids is 2. The van der Waals surface area contributed by atoms with E-state index in [9.17, 15) is 18.0 Å². The monoisotopic (exact) mass is 645 g/mol. The van der Waals surface area contributed by atoms with Crippen LogP contribution >= 0.6 is 11.6 Å². The second-order valence-electron chi connectivity index (χ2n) is 11.0. The second-order valence-corrected chi connectivity index (χ2v) is 13.3. The van der Waals surface area contributed by atoms with Gasteiger partial charge in [0.05, 0.1) is 10.6 Å². The van der Waals surface area contributed by atoms with Crippen LogP contribution in [0.3, 0.4) is 0 Å². The highest BCUT2D eigenvalue weighted by molar-refractivity contribution is 7.92. The van der Waals surface area contributed by atoms with E-state index in [1.54, 1.807) is 48.5 Å². The van der Waals surface area contributed by atoms with Crippen molar-refractivity contribution in [1.82, 2.24) is 10.2 Å². The average Bonchev–Trinajstić information content (AvgIpc) is 3.06. The molecule has 45 heavy (non-hydrogen) atoms. The molecule has 0 aliphatic rings. The summed E-state index contributed by atoms with van der Waals surface area (Å²) in [4.78, 5) is 30.0. The summed E-state index contributed by atoms with van der Waals surface area (Å²) in [5.41, 5.74) is 2.90. The molecular formula is C36H40ClN3O4S. The molecule has 0 radical (unpaired) electrons. The Morgan fingerprint density at radius 2 is 1.40 bits per heavy atom. The first-order valence-electron chi connectivity index (χ1n) is 15.2. The molecular weight excluding hydrogens is 606 g/mol. The van der Waals surface area contributed by atoms with Gasteiger partial charge < -0.3 is 10.2 Å². The van der Waals surface area contributed by atoms with E-state index in [1.807, 2.05) is 69.3 Å². The number of hydrogen-bond acceptors (Lipinski definition) is 4. The van der Waals surface area contributed by atoms with Gasteiger partial charge in [-0.05, 0) is 66.8 Å². The largest absolute Gasteiger partial charge is 0.352 e. The fourth-order valence-electron chi connectivity index (χ4n) is 4.95. The van der Waals surface area contributed by atoms with Crippen molar-refractivity contribution in [3.8, 4) is 0 Å². The summed E-state index contributed by atoms with van der Waals surface area (Å²) < 4.78 is 29.3. The summed E-state index contributed by atoms with van der Waals surface area (Å²) in [6.07, 6.45) is 1.72. The van der Waals surface area contributed by atoms with Gasteiger partial charge in [0, 0.05) is 24.0 Å². The van der Waals surface area contributed by atoms with Crippen molar-refractivity contribution in [2.45, 2.75) is 63.6 Å². The summed E-state index contributed by atoms with van der Waals surface area (Å²) in [7, 11) is -4.15. The van der Waals surface area contributed by atoms with Crippen molar-refractivity contribution in [3.63, 3.8) is 0 Å². The highest BCUT2D eigenvalue weighted by atomic mass is 35.5. The summed E-state index contributed by atoms with van der Waals surface area (Å²) in [6.45, 7) is 5.39. The maximum atomic E-state index is 14.5. The Balaban J connectivity index is 1.81. The average molecular weight is 646 g/mol. The van der Waals surface area contributed by atoms with Gasteiger partial charge in [-0.3, -0.25) is 13.9 Å². The Bertz CT molecular complexity index is 1670. The van der Waals surface area contributed by atoms with Gasteiger partial charge in [0.25, 0.3) is 10.0 Å². The zero-order chi connectivity index (χ0) is 32.4. The van der Waals surface area contributed by atoms with Crippen molar-refractivity contribution in [1.29, 1.82) is 0 Å². The summed E-state index contributed by atoms with van der Waals surface area (Å²) in [5.74, 6) is -0.854. The van der Waals surface area contributed by atoms with Gasteiger partial charge in [-0.15, -0.1) is 0 Å². The number of amides is 2. The first kappa shape index (κ1) is 33.7. The Morgan fingerprint density at radius 1 is 0.800 bits per heavy atom. The van der Waals surface area contributed by atoms with Gasteiger partial charge in [0.1, 0.15) is 12.6 Å². The van der Waals surface area contributed by atoms with Crippen LogP contribution < -0.4 is 9.62 Å². The van der Waals surface area contributed by atoms with Crippen LogP contribution in [-0.4, -0.2) is 43.8 Å². The standard InChI is InChI=1S/C36H40ClN3O4S/c1-4-27(3)38-36(42)34(24-29-14-8-6-9-15-29)39(25-30-16-12-13-19-33(30)37)35(41)26-40(31-22-20-28(5-2)21-23-31)45(43,44)32-17-10-7-11-18-32/h6-23,27,34H,4-5,24-26H2,1-3H3,(H,38,42)/t27-,34+/m1/s1. The first-order valence-corrected chi connectivity index (χ1v) is 17.0. The molecule has 0 spiro atoms. The molecule has 4 aromatic carbocycles. The van der Waals surface area contributed by atoms with Gasteiger partial charge in [0.2, 0.25) is 11.8 Å². The molecule has 0 aromatic heterocycles. The molecule has 0 unspecified atom stereocenters. The van der Waals surface area contributed by atoms with Crippen LogP contribution in [-0.2, 0) is 39.0 Å². The normalized spacial score (nSPS) is 12.6. The Kier molecular flexibility index (Phi) is 11.8. The van der Waals surface area contributed by atoms with Crippen LogP contribution in [0.5, 0.6) is 0 Å². The molecule has 0 fully saturated rings. The molecule has 7 nitrogen and oxygen atoms in total. The molecule has 4 rings (SSSR count). The number of rotatable bonds is 14. The van der Waals surface area contributed by atoms with Crippen molar-refractivity contribution in [2.75, 3.05) is 10.8 Å². The van der Waals surface area contributed by atoms with Crippen molar-refractivity contribution >= 4 is 39.1 Å². The molecule has 236 valence electrons. The fourth-order valence-corrected chi connectivity index (χ4v) is 6.58. The lowest BCUT2D eigenvalue weighted by Gasteiger charge is -2.34. The number of anilines is 1. The van der Waals surface area contributed by atoms with E-state index in [0.717, 1.165) is 21.9 Å². The minimum atomic E-state index is -4.15. The topological polar surface area (TPSA) is 86.8 Å². The van der Waals surface area contributed by atoms with Gasteiger partial charge in [-0.2, -0.15) is 0 Å². The van der Waals surface area contributed by atoms with Crippen molar-refractivity contribution < 1.29 is 18.0 Å². The van der Waals surface area contributed by atoms with E-state index in [1.165, 1.54) is 17.0 Å². The lowest BCUT2D eigenvalue weighted by molar-refractivity contribution is -0.140. The summed E-state index contributed by atoms with van der Waals surface area (Å²) in [6, 6.07) is 30.7. The fraction of sp³-hybridized carbons (Fsp3) is 0.278. The quantitative estimate of drug-likeness (QED) is 0.166. The first-order chi connectivity index (χ1) is 21.6. The highest BCUT2D eigenvalue weighted by Crippen LogP contribution is 2.26. The maximum Gasteiger partial charge on any atom is 0.264 e. The summed E-state index contributed by atoms with van der Waals surface area (Å²) >= 11 is 6.56. The number of halogens is 1. The molecule has 2 amide bonds. The van der Waals surface area contributed by atoms with Crippen molar-refractivity contribution in [3.05, 3.63) is 131 Å².